The first kappa shape index (κ1) is 8.74. The van der Waals surface area contributed by atoms with E-state index >= 15 is 0 Å². The van der Waals surface area contributed by atoms with Crippen molar-refractivity contribution in [1.29, 1.82) is 0 Å². The smallest absolute Gasteiger partial charge is 0.248 e. The van der Waals surface area contributed by atoms with Gasteiger partial charge in [0.2, 0.25) is 5.91 Å². The molecule has 1 amide bonds. The molecule has 1 radical (unpaired) electrons. The van der Waals surface area contributed by atoms with Crippen LogP contribution in [0.4, 0.5) is 0 Å². The molecule has 0 spiro atoms. The van der Waals surface area contributed by atoms with Crippen LogP contribution in [-0.4, -0.2) is 11.0 Å². The van der Waals surface area contributed by atoms with Crippen molar-refractivity contribution in [2.24, 2.45) is 5.73 Å². The number of hydrogen-bond acceptors (Lipinski definition) is 2. The molecule has 1 aromatic rings. The Kier molecular flexibility index (Phi) is 2.45. The van der Waals surface area contributed by atoms with Crippen molar-refractivity contribution in [2.45, 2.75) is 6.10 Å². The molecule has 0 bridgehead atoms. The molecule has 3 N–H and O–H groups in total. The zero-order chi connectivity index (χ0) is 9.14. The number of nitrogens with two attached hydrogens (primary N) is 1. The van der Waals surface area contributed by atoms with E-state index < -0.39 is 12.0 Å². The maximum Gasteiger partial charge on any atom is 0.248 e. The molecule has 12 heavy (non-hydrogen) atoms. The molecular formula is C9H10NO2. The minimum Gasteiger partial charge on any atom is -0.388 e. The topological polar surface area (TPSA) is 63.3 Å². The fourth-order valence-electron chi connectivity index (χ4n) is 0.899. The Morgan fingerprint density at radius 1 is 1.58 bits per heavy atom. The number of benzene rings is 1. The molecule has 1 atom stereocenters. The Labute approximate surface area is 70.8 Å². The number of primary amides is 1. The lowest BCUT2D eigenvalue weighted by molar-refractivity contribution is 0.1000. The third-order valence-electron chi connectivity index (χ3n) is 1.56. The molecule has 1 unspecified atom stereocenters. The van der Waals surface area contributed by atoms with Gasteiger partial charge in [0.05, 0.1) is 6.10 Å². The second-order valence-electron chi connectivity index (χ2n) is 2.51. The summed E-state index contributed by atoms with van der Waals surface area (Å²) >= 11 is 0. The second kappa shape index (κ2) is 3.36. The molecule has 0 aliphatic rings. The summed E-state index contributed by atoms with van der Waals surface area (Å²) in [6, 6.07) is 6.46. The van der Waals surface area contributed by atoms with E-state index in [0.29, 0.717) is 11.1 Å². The lowest BCUT2D eigenvalue weighted by Crippen LogP contribution is -2.11. The van der Waals surface area contributed by atoms with Crippen LogP contribution in [0.2, 0.25) is 0 Å². The Balaban J connectivity index is 3.04. The molecule has 0 saturated carbocycles. The van der Waals surface area contributed by atoms with E-state index in [-0.39, 0.29) is 0 Å². The first-order valence-corrected chi connectivity index (χ1v) is 3.52. The highest BCUT2D eigenvalue weighted by atomic mass is 16.3. The van der Waals surface area contributed by atoms with E-state index in [2.05, 4.69) is 6.92 Å². The van der Waals surface area contributed by atoms with E-state index in [9.17, 15) is 4.79 Å². The molecule has 3 heteroatoms. The lowest BCUT2D eigenvalue weighted by Gasteiger charge is -2.04. The average Bonchev–Trinajstić information content (AvgIpc) is 2.04. The van der Waals surface area contributed by atoms with Crippen LogP contribution in [0.15, 0.2) is 24.3 Å². The van der Waals surface area contributed by atoms with Gasteiger partial charge in [0.1, 0.15) is 0 Å². The molecule has 0 aliphatic carbocycles. The largest absolute Gasteiger partial charge is 0.388 e. The van der Waals surface area contributed by atoms with Gasteiger partial charge in [-0.05, 0) is 24.6 Å². The predicted molar refractivity (Wildman–Crippen MR) is 45.3 cm³/mol. The summed E-state index contributed by atoms with van der Waals surface area (Å²) in [4.78, 5) is 10.7. The molecule has 0 heterocycles. The van der Waals surface area contributed by atoms with Gasteiger partial charge in [0.25, 0.3) is 0 Å². The zero-order valence-corrected chi connectivity index (χ0v) is 6.53. The van der Waals surface area contributed by atoms with Crippen molar-refractivity contribution in [2.75, 3.05) is 0 Å². The molecule has 0 saturated heterocycles. The van der Waals surface area contributed by atoms with Crippen LogP contribution in [0.5, 0.6) is 0 Å². The fraction of sp³-hybridized carbons (Fsp3) is 0.111. The van der Waals surface area contributed by atoms with Gasteiger partial charge < -0.3 is 10.8 Å². The van der Waals surface area contributed by atoms with Gasteiger partial charge in [-0.2, -0.15) is 0 Å². The molecule has 0 fully saturated rings. The van der Waals surface area contributed by atoms with E-state index in [1.54, 1.807) is 18.2 Å². The van der Waals surface area contributed by atoms with Crippen LogP contribution in [0, 0.1) is 6.92 Å². The Hall–Kier alpha value is -1.35. The second-order valence-corrected chi connectivity index (χ2v) is 2.51. The number of hydrogen-bond donors (Lipinski definition) is 2. The molecule has 3 nitrogen and oxygen atoms in total. The van der Waals surface area contributed by atoms with Gasteiger partial charge in [-0.1, -0.05) is 12.1 Å². The third kappa shape index (κ3) is 1.83. The summed E-state index contributed by atoms with van der Waals surface area (Å²) in [5.74, 6) is -0.502. The quantitative estimate of drug-likeness (QED) is 0.674. The van der Waals surface area contributed by atoms with Gasteiger partial charge in [-0.25, -0.2) is 0 Å². The Morgan fingerprint density at radius 3 is 2.75 bits per heavy atom. The number of aliphatic hydroxyl groups excluding tert-OH is 1. The maximum absolute atomic E-state index is 10.7. The minimum absolute atomic E-state index is 0.384. The van der Waals surface area contributed by atoms with Crippen molar-refractivity contribution < 1.29 is 9.90 Å². The summed E-state index contributed by atoms with van der Waals surface area (Å²) in [6.07, 6.45) is -0.815. The van der Waals surface area contributed by atoms with Gasteiger partial charge in [0.15, 0.2) is 0 Å². The normalized spacial score (nSPS) is 12.5. The summed E-state index contributed by atoms with van der Waals surface area (Å²) in [7, 11) is 0. The molecule has 63 valence electrons. The van der Waals surface area contributed by atoms with Crippen LogP contribution >= 0.6 is 0 Å². The van der Waals surface area contributed by atoms with E-state index in [1.165, 1.54) is 6.07 Å². The maximum atomic E-state index is 10.7. The van der Waals surface area contributed by atoms with Gasteiger partial charge >= 0.3 is 0 Å². The molecule has 1 rings (SSSR count). The molecular weight excluding hydrogens is 154 g/mol. The average molecular weight is 164 g/mol. The van der Waals surface area contributed by atoms with Crippen molar-refractivity contribution in [1.82, 2.24) is 0 Å². The zero-order valence-electron chi connectivity index (χ0n) is 6.53. The van der Waals surface area contributed by atoms with Crippen LogP contribution < -0.4 is 5.73 Å². The first-order chi connectivity index (χ1) is 5.61. The molecule has 0 aliphatic heterocycles. The SMILES string of the molecule is [CH2]C(O)c1cccc(C(N)=O)c1. The van der Waals surface area contributed by atoms with Crippen LogP contribution in [-0.2, 0) is 0 Å². The van der Waals surface area contributed by atoms with Crippen molar-refractivity contribution >= 4 is 5.91 Å². The highest BCUT2D eigenvalue weighted by Gasteiger charge is 2.04. The van der Waals surface area contributed by atoms with Crippen molar-refractivity contribution in [3.63, 3.8) is 0 Å². The highest BCUT2D eigenvalue weighted by Crippen LogP contribution is 2.12. The number of carbonyl (C=O) groups is 1. The monoisotopic (exact) mass is 164 g/mol. The minimum atomic E-state index is -0.815. The predicted octanol–water partition coefficient (Wildman–Crippen LogP) is 0.653. The summed E-state index contributed by atoms with van der Waals surface area (Å²) < 4.78 is 0. The van der Waals surface area contributed by atoms with Gasteiger partial charge in [-0.3, -0.25) is 4.79 Å². The number of carbonyl (C=O) groups excluding carboxylic acids is 1. The number of aliphatic hydroxyl groups is 1. The Bertz CT molecular complexity index is 294. The van der Waals surface area contributed by atoms with E-state index in [4.69, 9.17) is 10.8 Å². The van der Waals surface area contributed by atoms with E-state index in [1.807, 2.05) is 0 Å². The summed E-state index contributed by atoms with van der Waals surface area (Å²) in [6.45, 7) is 3.41. The Morgan fingerprint density at radius 2 is 2.25 bits per heavy atom. The standard InChI is InChI=1S/C9H10NO2/c1-6(11)7-3-2-4-8(5-7)9(10)12/h2-6,11H,1H2,(H2,10,12). The molecule has 0 aromatic heterocycles. The van der Waals surface area contributed by atoms with Crippen LogP contribution in [0.1, 0.15) is 22.0 Å². The summed E-state index contributed by atoms with van der Waals surface area (Å²) in [5, 5.41) is 9.07. The van der Waals surface area contributed by atoms with Crippen molar-refractivity contribution in [3.05, 3.63) is 42.3 Å². The summed E-state index contributed by atoms with van der Waals surface area (Å²) in [5.41, 5.74) is 6.02. The number of rotatable bonds is 2. The molecule has 1 aromatic carbocycles. The third-order valence-corrected chi connectivity index (χ3v) is 1.56. The first-order valence-electron chi connectivity index (χ1n) is 3.52. The van der Waals surface area contributed by atoms with E-state index in [0.717, 1.165) is 0 Å². The van der Waals surface area contributed by atoms with Crippen LogP contribution in [0.25, 0.3) is 0 Å². The fourth-order valence-corrected chi connectivity index (χ4v) is 0.899. The van der Waals surface area contributed by atoms with Crippen LogP contribution in [0.3, 0.4) is 0 Å². The van der Waals surface area contributed by atoms with Gasteiger partial charge in [-0.15, -0.1) is 0 Å². The van der Waals surface area contributed by atoms with Gasteiger partial charge in [0, 0.05) is 5.56 Å². The highest BCUT2D eigenvalue weighted by molar-refractivity contribution is 5.92. The lowest BCUT2D eigenvalue weighted by atomic mass is 10.1. The van der Waals surface area contributed by atoms with Crippen molar-refractivity contribution in [3.8, 4) is 0 Å². The number of amides is 1.